The van der Waals surface area contributed by atoms with Gasteiger partial charge in [0, 0.05) is 13.1 Å². The lowest BCUT2D eigenvalue weighted by molar-refractivity contribution is -0.182. The molecule has 0 bridgehead atoms. The summed E-state index contributed by atoms with van der Waals surface area (Å²) < 4.78 is 40.7. The summed E-state index contributed by atoms with van der Waals surface area (Å²) >= 11 is 0. The minimum atomic E-state index is -4.47. The number of carbonyl (C=O) groups excluding carboxylic acids is 1. The van der Waals surface area contributed by atoms with Crippen LogP contribution in [-0.2, 0) is 11.3 Å². The van der Waals surface area contributed by atoms with Gasteiger partial charge in [-0.3, -0.25) is 9.69 Å². The van der Waals surface area contributed by atoms with E-state index in [0.717, 1.165) is 0 Å². The fourth-order valence-corrected chi connectivity index (χ4v) is 2.91. The summed E-state index contributed by atoms with van der Waals surface area (Å²) in [6, 6.07) is 9.02. The molecule has 0 aliphatic carbocycles. The Morgan fingerprint density at radius 3 is 2.54 bits per heavy atom. The molecule has 1 aliphatic rings. The number of alkyl halides is 3. The number of rotatable bonds is 4. The van der Waals surface area contributed by atoms with Crippen LogP contribution in [-0.4, -0.2) is 50.3 Å². The molecule has 0 radical (unpaired) electrons. The van der Waals surface area contributed by atoms with E-state index in [-0.39, 0.29) is 19.6 Å². The van der Waals surface area contributed by atoms with Gasteiger partial charge in [0.05, 0.1) is 24.1 Å². The largest absolute Gasteiger partial charge is 0.393 e. The lowest BCUT2D eigenvalue weighted by atomic mass is 9.95. The van der Waals surface area contributed by atoms with Crippen molar-refractivity contribution in [2.75, 3.05) is 13.1 Å². The number of tetrazole rings is 1. The first-order valence-electron chi connectivity index (χ1n) is 7.27. The zero-order valence-electron chi connectivity index (χ0n) is 12.5. The molecular formula is C14H15F3N6O. The highest BCUT2D eigenvalue weighted by Crippen LogP contribution is 2.37. The quantitative estimate of drug-likeness (QED) is 0.887. The number of amides is 1. The molecule has 24 heavy (non-hydrogen) atoms. The molecule has 1 aromatic heterocycles. The summed E-state index contributed by atoms with van der Waals surface area (Å²) in [6.45, 7) is -0.280. The molecular weight excluding hydrogens is 325 g/mol. The molecule has 1 amide bonds. The smallest absolute Gasteiger partial charge is 0.369 e. The predicted octanol–water partition coefficient (Wildman–Crippen LogP) is 0.758. The number of primary amides is 1. The summed E-state index contributed by atoms with van der Waals surface area (Å²) in [7, 11) is 0. The van der Waals surface area contributed by atoms with E-state index in [0.29, 0.717) is 11.5 Å². The normalized spacial score (nSPS) is 22.0. The van der Waals surface area contributed by atoms with Crippen molar-refractivity contribution in [3.05, 3.63) is 36.2 Å². The van der Waals surface area contributed by atoms with Gasteiger partial charge >= 0.3 is 6.18 Å². The lowest BCUT2D eigenvalue weighted by Crippen LogP contribution is -2.37. The number of likely N-dealkylation sites (tertiary alicyclic amines) is 1. The van der Waals surface area contributed by atoms with Crippen molar-refractivity contribution in [1.82, 2.24) is 25.1 Å². The Balaban J connectivity index is 1.79. The third-order valence-corrected chi connectivity index (χ3v) is 4.08. The molecule has 0 spiro atoms. The number of hydrogen-bond donors (Lipinski definition) is 1. The Hall–Kier alpha value is -2.49. The van der Waals surface area contributed by atoms with Crippen LogP contribution in [0.4, 0.5) is 13.2 Å². The van der Waals surface area contributed by atoms with Gasteiger partial charge in [-0.05, 0) is 22.6 Å². The van der Waals surface area contributed by atoms with Gasteiger partial charge in [-0.2, -0.15) is 17.9 Å². The number of nitrogens with two attached hydrogens (primary N) is 1. The van der Waals surface area contributed by atoms with Crippen LogP contribution in [0.5, 0.6) is 0 Å². The monoisotopic (exact) mass is 340 g/mol. The van der Waals surface area contributed by atoms with E-state index in [1.165, 1.54) is 9.58 Å². The molecule has 1 fully saturated rings. The van der Waals surface area contributed by atoms with E-state index in [2.05, 4.69) is 15.5 Å². The third kappa shape index (κ3) is 3.23. The molecule has 1 saturated heterocycles. The fraction of sp³-hybridized carbons (Fsp3) is 0.429. The van der Waals surface area contributed by atoms with Crippen molar-refractivity contribution in [3.63, 3.8) is 0 Å². The first-order chi connectivity index (χ1) is 11.4. The molecule has 1 aliphatic heterocycles. The van der Waals surface area contributed by atoms with Gasteiger partial charge in [0.1, 0.15) is 0 Å². The van der Waals surface area contributed by atoms with Crippen molar-refractivity contribution < 1.29 is 18.0 Å². The number of carbonyl (C=O) groups is 1. The Kier molecular flexibility index (Phi) is 4.22. The Morgan fingerprint density at radius 1 is 1.25 bits per heavy atom. The van der Waals surface area contributed by atoms with Gasteiger partial charge in [-0.15, -0.1) is 5.10 Å². The highest BCUT2D eigenvalue weighted by molar-refractivity contribution is 5.77. The molecule has 128 valence electrons. The maximum atomic E-state index is 13.1. The summed E-state index contributed by atoms with van der Waals surface area (Å²) in [6.07, 6.45) is -4.47. The van der Waals surface area contributed by atoms with Crippen LogP contribution in [0.3, 0.4) is 0 Å². The topological polar surface area (TPSA) is 89.9 Å². The Bertz CT molecular complexity index is 717. The highest BCUT2D eigenvalue weighted by Gasteiger charge is 2.51. The molecule has 7 nitrogen and oxygen atoms in total. The molecule has 2 N–H and O–H groups in total. The van der Waals surface area contributed by atoms with E-state index in [1.54, 1.807) is 24.3 Å². The van der Waals surface area contributed by atoms with Gasteiger partial charge in [-0.25, -0.2) is 0 Å². The van der Waals surface area contributed by atoms with Gasteiger partial charge in [0.15, 0.2) is 5.82 Å². The minimum Gasteiger partial charge on any atom is -0.369 e. The number of aromatic nitrogens is 4. The highest BCUT2D eigenvalue weighted by atomic mass is 19.4. The van der Waals surface area contributed by atoms with E-state index < -0.39 is 23.9 Å². The molecule has 3 rings (SSSR count). The van der Waals surface area contributed by atoms with E-state index in [4.69, 9.17) is 5.73 Å². The summed E-state index contributed by atoms with van der Waals surface area (Å²) in [4.78, 5) is 12.8. The number of nitrogens with zero attached hydrogens (tertiary/aromatic N) is 5. The van der Waals surface area contributed by atoms with Crippen molar-refractivity contribution >= 4 is 5.91 Å². The van der Waals surface area contributed by atoms with Gasteiger partial charge < -0.3 is 5.73 Å². The Morgan fingerprint density at radius 2 is 1.96 bits per heavy atom. The SMILES string of the molecule is NC(=O)[C@@H]1CN(Cc2nnnn2-c2ccccc2)C[C@H]1C(F)(F)F. The van der Waals surface area contributed by atoms with E-state index in [9.17, 15) is 18.0 Å². The number of halogens is 3. The van der Waals surface area contributed by atoms with E-state index >= 15 is 0 Å². The second-order valence-corrected chi connectivity index (χ2v) is 5.69. The van der Waals surface area contributed by atoms with Crippen molar-refractivity contribution in [2.45, 2.75) is 12.7 Å². The molecule has 0 saturated carbocycles. The van der Waals surface area contributed by atoms with Crippen LogP contribution >= 0.6 is 0 Å². The second-order valence-electron chi connectivity index (χ2n) is 5.69. The molecule has 1 aromatic carbocycles. The van der Waals surface area contributed by atoms with Crippen LogP contribution in [0.15, 0.2) is 30.3 Å². The second kappa shape index (κ2) is 6.19. The standard InChI is InChI=1S/C14H15F3N6O/c15-14(16,17)11-7-22(6-10(11)13(18)24)8-12-19-20-21-23(12)9-4-2-1-3-5-9/h1-5,10-11H,6-8H2,(H2,18,24)/t10-,11-/m1/s1. The number of para-hydroxylation sites is 1. The molecule has 2 atom stereocenters. The van der Waals surface area contributed by atoms with Crippen LogP contribution < -0.4 is 5.73 Å². The molecule has 0 unspecified atom stereocenters. The summed E-state index contributed by atoms with van der Waals surface area (Å²) in [5.74, 6) is -3.57. The van der Waals surface area contributed by atoms with Crippen molar-refractivity contribution in [2.24, 2.45) is 17.6 Å². The van der Waals surface area contributed by atoms with Gasteiger partial charge in [0.2, 0.25) is 5.91 Å². The minimum absolute atomic E-state index is 0.0683. The van der Waals surface area contributed by atoms with Crippen molar-refractivity contribution in [1.29, 1.82) is 0 Å². The number of hydrogen-bond acceptors (Lipinski definition) is 5. The molecule has 2 heterocycles. The first kappa shape index (κ1) is 16.4. The van der Waals surface area contributed by atoms with Crippen LogP contribution in [0, 0.1) is 11.8 Å². The number of benzene rings is 1. The Labute approximate surface area is 135 Å². The zero-order valence-corrected chi connectivity index (χ0v) is 12.5. The van der Waals surface area contributed by atoms with Crippen LogP contribution in [0.25, 0.3) is 5.69 Å². The van der Waals surface area contributed by atoms with E-state index in [1.807, 2.05) is 6.07 Å². The van der Waals surface area contributed by atoms with Crippen LogP contribution in [0.2, 0.25) is 0 Å². The molecule has 10 heteroatoms. The van der Waals surface area contributed by atoms with Crippen molar-refractivity contribution in [3.8, 4) is 5.69 Å². The molecule has 2 aromatic rings. The fourth-order valence-electron chi connectivity index (χ4n) is 2.91. The zero-order chi connectivity index (χ0) is 17.3. The first-order valence-corrected chi connectivity index (χ1v) is 7.27. The average molecular weight is 340 g/mol. The average Bonchev–Trinajstić information content (AvgIpc) is 3.15. The van der Waals surface area contributed by atoms with Crippen LogP contribution in [0.1, 0.15) is 5.82 Å². The maximum absolute atomic E-state index is 13.1. The van der Waals surface area contributed by atoms with Gasteiger partial charge in [0.25, 0.3) is 0 Å². The predicted molar refractivity (Wildman–Crippen MR) is 76.7 cm³/mol. The lowest BCUT2D eigenvalue weighted by Gasteiger charge is -2.18. The summed E-state index contributed by atoms with van der Waals surface area (Å²) in [5, 5.41) is 11.3. The summed E-state index contributed by atoms with van der Waals surface area (Å²) in [5.41, 5.74) is 5.83. The third-order valence-electron chi connectivity index (χ3n) is 4.08. The maximum Gasteiger partial charge on any atom is 0.393 e. The van der Waals surface area contributed by atoms with Gasteiger partial charge in [-0.1, -0.05) is 18.2 Å².